The quantitative estimate of drug-likeness (QED) is 0.0458. The minimum absolute atomic E-state index is 0.0120. The molecule has 17 atom stereocenters. The summed E-state index contributed by atoms with van der Waals surface area (Å²) in [5.41, 5.74) is 17.5. The number of carbonyl (C=O) groups excluding carboxylic acids is 2. The number of carbonyl (C=O) groups is 2. The number of fused-ring (bicyclic) bond motifs is 9. The Morgan fingerprint density at radius 2 is 1.55 bits per heavy atom. The molecule has 0 amide bonds. The van der Waals surface area contributed by atoms with Crippen LogP contribution in [0.4, 0.5) is 0 Å². The van der Waals surface area contributed by atoms with Gasteiger partial charge in [-0.05, 0) is 238 Å². The molecular formula is C90H88O11. The fourth-order valence-electron chi connectivity index (χ4n) is 23.4. The minimum Gasteiger partial charge on any atom is -0.481 e. The maximum Gasteiger partial charge on any atom is 0.340 e. The highest BCUT2D eigenvalue weighted by atomic mass is 16.6. The largest absolute Gasteiger partial charge is 0.481 e. The van der Waals surface area contributed by atoms with Crippen LogP contribution in [0.15, 0.2) is 154 Å². The summed E-state index contributed by atoms with van der Waals surface area (Å²) in [5, 5.41) is 33.9. The van der Waals surface area contributed by atoms with Crippen LogP contribution < -0.4 is 10.4 Å². The van der Waals surface area contributed by atoms with Gasteiger partial charge in [0.1, 0.15) is 11.3 Å². The Balaban J connectivity index is 0.892. The first-order valence-corrected chi connectivity index (χ1v) is 37.8. The second-order valence-corrected chi connectivity index (χ2v) is 32.1. The zero-order valence-corrected chi connectivity index (χ0v) is 57.8. The Labute approximate surface area is 590 Å². The van der Waals surface area contributed by atoms with E-state index in [2.05, 4.69) is 145 Å². The maximum absolute atomic E-state index is 16.7. The number of ether oxygens (including phenoxy) is 4. The summed E-state index contributed by atoms with van der Waals surface area (Å²) in [5.74, 6) is 6.09. The average molecular weight is 1350 g/mol. The SMILES string of the molecule is COCC(CCO)c1c(CO)c2ccc3c(c2oc1=O)C1OC(=O)CC2CC4C=CC2c2ccc5c6c2CC#CCC2(O3)C3CC7c8ccccc8C=CC7C3CC6CC(Cc3ccc(cc3)Cc3ccc6c(c3)C37c8cccc4c8CCC3CCCC7C=C6)C5CC(=C(C)CO)C(=O)OC12. The van der Waals surface area contributed by atoms with Crippen LogP contribution in [-0.2, 0) is 61.5 Å². The predicted octanol–water partition coefficient (Wildman–Crippen LogP) is 15.7. The van der Waals surface area contributed by atoms with Gasteiger partial charge in [0.05, 0.1) is 31.8 Å². The summed E-state index contributed by atoms with van der Waals surface area (Å²) in [6, 6.07) is 41.1. The lowest BCUT2D eigenvalue weighted by Gasteiger charge is -2.55. The molecule has 3 N–H and O–H groups in total. The first-order valence-electron chi connectivity index (χ1n) is 37.8. The van der Waals surface area contributed by atoms with Crippen LogP contribution in [0.1, 0.15) is 220 Å². The van der Waals surface area contributed by atoms with Gasteiger partial charge in [-0.15, -0.1) is 0 Å². The average Bonchev–Trinajstić information content (AvgIpc) is 1.02. The second-order valence-electron chi connectivity index (χ2n) is 32.1. The van der Waals surface area contributed by atoms with E-state index in [1.807, 2.05) is 19.1 Å². The Morgan fingerprint density at radius 3 is 2.42 bits per heavy atom. The van der Waals surface area contributed by atoms with Gasteiger partial charge in [-0.3, -0.25) is 4.79 Å². The fourth-order valence-corrected chi connectivity index (χ4v) is 23.4. The third-order valence-electron chi connectivity index (χ3n) is 27.6. The molecule has 1 aromatic heterocycles. The molecule has 514 valence electrons. The molecule has 2 spiro atoms. The Kier molecular flexibility index (Phi) is 15.5. The molecule has 4 heterocycles. The molecule has 1 saturated heterocycles. The highest BCUT2D eigenvalue weighted by Crippen LogP contribution is 2.66. The molecule has 17 unspecified atom stereocenters. The molecular weight excluding hydrogens is 1260 g/mol. The number of methoxy groups -OCH3 is 1. The number of hydrogen-bond acceptors (Lipinski definition) is 11. The van der Waals surface area contributed by atoms with E-state index in [0.717, 1.165) is 44.9 Å². The van der Waals surface area contributed by atoms with Crippen molar-refractivity contribution in [1.82, 2.24) is 0 Å². The third kappa shape index (κ3) is 9.76. The smallest absolute Gasteiger partial charge is 0.340 e. The van der Waals surface area contributed by atoms with Gasteiger partial charge in [-0.2, -0.15) is 0 Å². The highest BCUT2D eigenvalue weighted by Gasteiger charge is 2.65. The van der Waals surface area contributed by atoms with Crippen LogP contribution >= 0.6 is 0 Å². The van der Waals surface area contributed by atoms with Gasteiger partial charge in [-0.25, -0.2) is 9.59 Å². The molecule has 3 aliphatic heterocycles. The van der Waals surface area contributed by atoms with Crippen LogP contribution in [0.5, 0.6) is 5.75 Å². The molecule has 26 rings (SSSR count). The van der Waals surface area contributed by atoms with Crippen molar-refractivity contribution >= 4 is 35.1 Å². The van der Waals surface area contributed by atoms with Gasteiger partial charge in [-0.1, -0.05) is 152 Å². The topological polar surface area (TPSA) is 162 Å². The number of hydrogen-bond donors (Lipinski definition) is 3. The van der Waals surface area contributed by atoms with E-state index in [1.165, 1.54) is 97.8 Å². The Bertz CT molecular complexity index is 4850. The second kappa shape index (κ2) is 24.7. The van der Waals surface area contributed by atoms with Crippen LogP contribution in [0.2, 0.25) is 0 Å². The van der Waals surface area contributed by atoms with Crippen molar-refractivity contribution < 1.29 is 48.3 Å². The molecule has 6 aromatic carbocycles. The van der Waals surface area contributed by atoms with E-state index in [4.69, 9.17) is 23.4 Å². The van der Waals surface area contributed by atoms with Crippen molar-refractivity contribution in [3.05, 3.63) is 250 Å². The van der Waals surface area contributed by atoms with E-state index < -0.39 is 54.5 Å². The van der Waals surface area contributed by atoms with Crippen molar-refractivity contribution in [3.8, 4) is 17.6 Å². The van der Waals surface area contributed by atoms with Crippen LogP contribution in [0.3, 0.4) is 0 Å². The first kappa shape index (κ1) is 63.5. The zero-order valence-electron chi connectivity index (χ0n) is 57.8. The summed E-state index contributed by atoms with van der Waals surface area (Å²) in [7, 11) is 1.53. The molecule has 19 aliphatic rings. The van der Waals surface area contributed by atoms with Gasteiger partial charge in [0, 0.05) is 72.2 Å². The van der Waals surface area contributed by atoms with E-state index in [9.17, 15) is 15.3 Å². The third-order valence-corrected chi connectivity index (χ3v) is 27.6. The summed E-state index contributed by atoms with van der Waals surface area (Å²) in [6.07, 6.45) is 23.0. The Hall–Kier alpha value is -8.37. The van der Waals surface area contributed by atoms with Crippen molar-refractivity contribution in [3.63, 3.8) is 0 Å². The zero-order chi connectivity index (χ0) is 68.2. The highest BCUT2D eigenvalue weighted by molar-refractivity contribution is 5.91. The number of esters is 2. The molecule has 16 aliphatic carbocycles. The molecule has 7 aromatic rings. The lowest BCUT2D eigenvalue weighted by molar-refractivity contribution is -0.205. The fraction of sp³-hybridized carbons (Fsp3) is 0.433. The standard InChI is InChI=1S/C90H88O11/c1-49(46-92)71-44-72-57-38-51-18-16-50(17-19-51)37-52-20-21-54-22-25-60-10-7-11-61-26-29-67-63(14-8-15-76(67)90(60,61)77(54)39-52)55-24-27-64-58(40-55)43-80(94)98-85-83-79(33-32-70-75(47-93)82(88(96)99-84(70)83)56(34-36-91)48-97-2)101-89(86(85)100-87(71)95)35-6-5-13-68-65(64)30-31-69(72)81(68)59(41-57)42-74-66-28-23-53-9-3-4-12-62(53)73(66)45-78(74)89/h3-4,8-9,12,14-25,27-28,30-33,39,55-61,64,66,72-74,78,85-86,91-93H,7,10-11,13,26,29,34-38,40-48H2,1-2H3. The van der Waals surface area contributed by atoms with Gasteiger partial charge < -0.3 is 38.7 Å². The van der Waals surface area contributed by atoms with Crippen molar-refractivity contribution in [2.45, 2.75) is 175 Å². The van der Waals surface area contributed by atoms with Crippen molar-refractivity contribution in [1.29, 1.82) is 0 Å². The number of aliphatic hydroxyl groups excluding tert-OH is 3. The minimum atomic E-state index is -1.50. The molecule has 11 nitrogen and oxygen atoms in total. The van der Waals surface area contributed by atoms with Gasteiger partial charge >= 0.3 is 17.6 Å². The summed E-state index contributed by atoms with van der Waals surface area (Å²) in [6.45, 7) is 0.712. The van der Waals surface area contributed by atoms with Gasteiger partial charge in [0.15, 0.2) is 17.8 Å². The van der Waals surface area contributed by atoms with Gasteiger partial charge in [0.2, 0.25) is 0 Å². The number of aliphatic hydroxyl groups is 3. The molecule has 20 bridgehead atoms. The summed E-state index contributed by atoms with van der Waals surface area (Å²) >= 11 is 0. The Morgan fingerprint density at radius 1 is 0.713 bits per heavy atom. The number of rotatable bonds is 7. The maximum atomic E-state index is 16.7. The number of allylic oxidation sites excluding steroid dienone is 4. The molecule has 101 heavy (non-hydrogen) atoms. The normalized spacial score (nSPS) is 32.4. The van der Waals surface area contributed by atoms with E-state index >= 15 is 14.4 Å². The molecule has 2 saturated carbocycles. The molecule has 0 radical (unpaired) electrons. The van der Waals surface area contributed by atoms with Crippen LogP contribution in [-0.4, -0.2) is 65.9 Å². The monoisotopic (exact) mass is 1340 g/mol. The first-order chi connectivity index (χ1) is 49.5. The van der Waals surface area contributed by atoms with E-state index in [1.54, 1.807) is 0 Å². The molecule has 3 fully saturated rings. The summed E-state index contributed by atoms with van der Waals surface area (Å²) < 4.78 is 35.4. The van der Waals surface area contributed by atoms with Crippen LogP contribution in [0, 0.1) is 53.3 Å². The number of benzene rings is 6. The summed E-state index contributed by atoms with van der Waals surface area (Å²) in [4.78, 5) is 48.4. The lowest BCUT2D eigenvalue weighted by Crippen LogP contribution is -2.61. The van der Waals surface area contributed by atoms with Crippen molar-refractivity contribution in [2.24, 2.45) is 41.4 Å². The van der Waals surface area contributed by atoms with E-state index in [0.29, 0.717) is 58.9 Å². The van der Waals surface area contributed by atoms with Crippen LogP contribution in [0.25, 0.3) is 23.1 Å². The van der Waals surface area contributed by atoms with Crippen molar-refractivity contribution in [2.75, 3.05) is 26.9 Å². The lowest BCUT2D eigenvalue weighted by atomic mass is 9.48. The molecule has 11 heteroatoms. The van der Waals surface area contributed by atoms with E-state index in [-0.39, 0.29) is 120 Å². The van der Waals surface area contributed by atoms with Gasteiger partial charge in [0.25, 0.3) is 0 Å². The predicted molar refractivity (Wildman–Crippen MR) is 387 cm³/mol.